The van der Waals surface area contributed by atoms with Crippen LogP contribution < -0.4 is 10.3 Å². The Morgan fingerprint density at radius 2 is 2.04 bits per heavy atom. The minimum absolute atomic E-state index is 0.00459. The molecule has 0 saturated carbocycles. The maximum Gasteiger partial charge on any atom is 0.289 e. The number of benzene rings is 1. The number of nitrogens with one attached hydrogen (secondary N) is 1. The van der Waals surface area contributed by atoms with Crippen LogP contribution in [0.1, 0.15) is 32.3 Å². The highest BCUT2D eigenvalue weighted by molar-refractivity contribution is 7.97. The van der Waals surface area contributed by atoms with Crippen LogP contribution in [0.25, 0.3) is 0 Å². The maximum absolute atomic E-state index is 12.2. The quantitative estimate of drug-likeness (QED) is 0.600. The Bertz CT molecular complexity index is 688. The lowest BCUT2D eigenvalue weighted by atomic mass is 9.94. The van der Waals surface area contributed by atoms with Gasteiger partial charge in [-0.2, -0.15) is 5.10 Å². The summed E-state index contributed by atoms with van der Waals surface area (Å²) in [6.45, 7) is 4.51. The highest BCUT2D eigenvalue weighted by atomic mass is 32.1. The van der Waals surface area contributed by atoms with Crippen molar-refractivity contribution in [1.82, 2.24) is 5.43 Å². The van der Waals surface area contributed by atoms with Crippen LogP contribution in [0, 0.1) is 5.92 Å². The molecule has 1 atom stereocenters. The van der Waals surface area contributed by atoms with Gasteiger partial charge in [0.15, 0.2) is 0 Å². The van der Waals surface area contributed by atoms with Crippen LogP contribution in [0.4, 0.5) is 10.5 Å². The fourth-order valence-corrected chi connectivity index (χ4v) is 2.79. The molecule has 0 spiro atoms. The number of hydrogen-bond acceptors (Lipinski definition) is 5. The number of hydrazone groups is 1. The highest BCUT2D eigenvalue weighted by Crippen LogP contribution is 2.22. The summed E-state index contributed by atoms with van der Waals surface area (Å²) in [5, 5.41) is 3.45. The van der Waals surface area contributed by atoms with Crippen molar-refractivity contribution >= 4 is 41.1 Å². The lowest BCUT2D eigenvalue weighted by molar-refractivity contribution is -0.122. The Morgan fingerprint density at radius 1 is 1.36 bits per heavy atom. The van der Waals surface area contributed by atoms with E-state index in [1.54, 1.807) is 24.3 Å². The maximum atomic E-state index is 12.2. The third-order valence-corrected chi connectivity index (χ3v) is 3.99. The summed E-state index contributed by atoms with van der Waals surface area (Å²) >= 11 is 3.79. The second kappa shape index (κ2) is 8.77. The van der Waals surface area contributed by atoms with E-state index >= 15 is 0 Å². The minimum Gasteiger partial charge on any atom is -0.381 e. The predicted molar refractivity (Wildman–Crippen MR) is 97.9 cm³/mol. The summed E-state index contributed by atoms with van der Waals surface area (Å²) in [4.78, 5) is 36.3. The monoisotopic (exact) mass is 363 g/mol. The predicted octanol–water partition coefficient (Wildman–Crippen LogP) is 2.36. The van der Waals surface area contributed by atoms with Crippen LogP contribution in [-0.4, -0.2) is 36.0 Å². The fourth-order valence-electron chi connectivity index (χ4n) is 2.56. The van der Waals surface area contributed by atoms with Crippen molar-refractivity contribution < 1.29 is 19.1 Å². The molecule has 1 heterocycles. The number of anilines is 1. The standard InChI is InChI=1S/C17H21N3O4S/c1-3-24-9-8-15(22)20(17(23)25)13-6-4-12(5-7-13)16-11(2)10-14(21)18-19-16/h4-7,11H,3,8-10H2,1-2H3,(H,18,21)(H,23,25). The molecule has 8 heteroatoms. The zero-order valence-corrected chi connectivity index (χ0v) is 15.1. The zero-order valence-electron chi connectivity index (χ0n) is 14.2. The Kier molecular flexibility index (Phi) is 6.72. The first kappa shape index (κ1) is 19.1. The Labute approximate surface area is 151 Å². The first-order chi connectivity index (χ1) is 11.9. The van der Waals surface area contributed by atoms with E-state index in [1.807, 2.05) is 13.8 Å². The number of nitrogens with zero attached hydrogens (tertiary/aromatic N) is 2. The van der Waals surface area contributed by atoms with Gasteiger partial charge in [-0.3, -0.25) is 14.4 Å². The molecule has 7 nitrogen and oxygen atoms in total. The zero-order chi connectivity index (χ0) is 18.4. The molecule has 1 aliphatic rings. The van der Waals surface area contributed by atoms with Gasteiger partial charge in [-0.25, -0.2) is 10.3 Å². The normalized spacial score (nSPS) is 16.8. The van der Waals surface area contributed by atoms with Crippen molar-refractivity contribution in [2.45, 2.75) is 26.7 Å². The molecule has 0 fully saturated rings. The van der Waals surface area contributed by atoms with Gasteiger partial charge in [0.25, 0.3) is 5.24 Å². The highest BCUT2D eigenvalue weighted by Gasteiger charge is 2.23. The summed E-state index contributed by atoms with van der Waals surface area (Å²) in [7, 11) is 0. The molecule has 134 valence electrons. The fraction of sp³-hybridized carbons (Fsp3) is 0.412. The van der Waals surface area contributed by atoms with Gasteiger partial charge in [-0.15, -0.1) is 0 Å². The third-order valence-electron chi connectivity index (χ3n) is 3.79. The molecule has 1 aromatic rings. The lowest BCUT2D eigenvalue weighted by Gasteiger charge is -2.21. The van der Waals surface area contributed by atoms with Crippen molar-refractivity contribution in [3.63, 3.8) is 0 Å². The summed E-state index contributed by atoms with van der Waals surface area (Å²) in [5.41, 5.74) is 4.48. The SMILES string of the molecule is CCOCCC(=O)N(C(=O)S)c1ccc(C2=NNC(=O)CC2C)cc1. The molecule has 25 heavy (non-hydrogen) atoms. The van der Waals surface area contributed by atoms with Crippen molar-refractivity contribution in [1.29, 1.82) is 0 Å². The van der Waals surface area contributed by atoms with Gasteiger partial charge in [0.05, 0.1) is 24.4 Å². The molecule has 1 aromatic carbocycles. The molecule has 1 aliphatic heterocycles. The topological polar surface area (TPSA) is 88.1 Å². The van der Waals surface area contributed by atoms with Crippen LogP contribution in [0.2, 0.25) is 0 Å². The van der Waals surface area contributed by atoms with Crippen LogP contribution in [0.15, 0.2) is 29.4 Å². The van der Waals surface area contributed by atoms with Gasteiger partial charge in [0.1, 0.15) is 0 Å². The number of amides is 3. The number of thiol groups is 1. The average Bonchev–Trinajstić information content (AvgIpc) is 2.56. The largest absolute Gasteiger partial charge is 0.381 e. The van der Waals surface area contributed by atoms with Crippen molar-refractivity contribution in [2.75, 3.05) is 18.1 Å². The average molecular weight is 363 g/mol. The van der Waals surface area contributed by atoms with E-state index < -0.39 is 5.24 Å². The van der Waals surface area contributed by atoms with Gasteiger partial charge in [0, 0.05) is 18.9 Å². The molecular weight excluding hydrogens is 342 g/mol. The number of imide groups is 1. The molecule has 0 bridgehead atoms. The molecule has 1 unspecified atom stereocenters. The van der Waals surface area contributed by atoms with Crippen LogP contribution in [-0.2, 0) is 14.3 Å². The van der Waals surface area contributed by atoms with E-state index in [0.717, 1.165) is 16.2 Å². The lowest BCUT2D eigenvalue weighted by Crippen LogP contribution is -2.34. The Hall–Kier alpha value is -2.19. The second-order valence-corrected chi connectivity index (χ2v) is 6.03. The van der Waals surface area contributed by atoms with Gasteiger partial charge < -0.3 is 4.74 Å². The summed E-state index contributed by atoms with van der Waals surface area (Å²) < 4.78 is 5.15. The minimum atomic E-state index is -0.648. The number of hydrogen-bond donors (Lipinski definition) is 2. The number of carbonyl (C=O) groups excluding carboxylic acids is 3. The molecule has 3 amide bonds. The molecule has 2 rings (SSSR count). The van der Waals surface area contributed by atoms with E-state index in [0.29, 0.717) is 18.7 Å². The van der Waals surface area contributed by atoms with Gasteiger partial charge >= 0.3 is 0 Å². The summed E-state index contributed by atoms with van der Waals surface area (Å²) in [6.07, 6.45) is 0.468. The van der Waals surface area contributed by atoms with Crippen LogP contribution in [0.3, 0.4) is 0 Å². The third kappa shape index (κ3) is 4.90. The molecule has 1 N–H and O–H groups in total. The number of ether oxygens (including phenoxy) is 1. The van der Waals surface area contributed by atoms with E-state index in [9.17, 15) is 14.4 Å². The van der Waals surface area contributed by atoms with Crippen molar-refractivity contribution in [3.05, 3.63) is 29.8 Å². The first-order valence-corrected chi connectivity index (χ1v) is 8.49. The summed E-state index contributed by atoms with van der Waals surface area (Å²) in [5.74, 6) is -0.494. The van der Waals surface area contributed by atoms with E-state index in [-0.39, 0.29) is 30.8 Å². The number of rotatable bonds is 6. The second-order valence-electron chi connectivity index (χ2n) is 5.64. The molecule has 0 radical (unpaired) electrons. The molecular formula is C17H21N3O4S. The summed E-state index contributed by atoms with van der Waals surface area (Å²) in [6, 6.07) is 6.85. The Balaban J connectivity index is 2.17. The van der Waals surface area contributed by atoms with Crippen LogP contribution >= 0.6 is 12.6 Å². The first-order valence-electron chi connectivity index (χ1n) is 8.04. The van der Waals surface area contributed by atoms with Gasteiger partial charge in [-0.1, -0.05) is 31.7 Å². The molecule has 0 aliphatic carbocycles. The van der Waals surface area contributed by atoms with Crippen molar-refractivity contribution in [3.8, 4) is 0 Å². The van der Waals surface area contributed by atoms with Crippen molar-refractivity contribution in [2.24, 2.45) is 11.0 Å². The van der Waals surface area contributed by atoms with E-state index in [1.165, 1.54) is 0 Å². The molecule has 0 saturated heterocycles. The molecule has 0 aromatic heterocycles. The van der Waals surface area contributed by atoms with Gasteiger partial charge in [-0.05, 0) is 24.6 Å². The smallest absolute Gasteiger partial charge is 0.289 e. The van der Waals surface area contributed by atoms with Crippen LogP contribution in [0.5, 0.6) is 0 Å². The van der Waals surface area contributed by atoms with E-state index in [2.05, 4.69) is 23.2 Å². The Morgan fingerprint density at radius 3 is 2.60 bits per heavy atom. The van der Waals surface area contributed by atoms with E-state index in [4.69, 9.17) is 4.74 Å². The van der Waals surface area contributed by atoms with Gasteiger partial charge in [0.2, 0.25) is 11.8 Å². The number of carbonyl (C=O) groups is 3.